The van der Waals surface area contributed by atoms with E-state index in [0.29, 0.717) is 5.16 Å². The second-order valence-corrected chi connectivity index (χ2v) is 4.53. The van der Waals surface area contributed by atoms with Gasteiger partial charge in [-0.05, 0) is 22.6 Å². The lowest BCUT2D eigenvalue weighted by atomic mass is 10.3. The third-order valence-electron chi connectivity index (χ3n) is 2.32. The van der Waals surface area contributed by atoms with E-state index in [1.54, 1.807) is 0 Å². The first kappa shape index (κ1) is 12.4. The summed E-state index contributed by atoms with van der Waals surface area (Å²) in [5.74, 6) is -1.15. The number of tetrazole rings is 1. The van der Waals surface area contributed by atoms with Gasteiger partial charge in [0.1, 0.15) is 6.26 Å². The van der Waals surface area contributed by atoms with Gasteiger partial charge in [0, 0.05) is 11.8 Å². The number of benzene rings is 1. The Morgan fingerprint density at radius 2 is 2.10 bits per heavy atom. The molecule has 0 unspecified atom stereocenters. The minimum atomic E-state index is -1.15. The van der Waals surface area contributed by atoms with E-state index in [9.17, 15) is 4.79 Å². The second-order valence-electron chi connectivity index (χ2n) is 3.61. The van der Waals surface area contributed by atoms with E-state index < -0.39 is 5.97 Å². The molecule has 2 heterocycles. The summed E-state index contributed by atoms with van der Waals surface area (Å²) in [5.41, 5.74) is 0.622. The lowest BCUT2D eigenvalue weighted by Crippen LogP contribution is -1.98. The predicted octanol–water partition coefficient (Wildman–Crippen LogP) is 1.50. The van der Waals surface area contributed by atoms with Crippen molar-refractivity contribution in [3.8, 4) is 5.69 Å². The number of para-hydroxylation sites is 1. The van der Waals surface area contributed by atoms with Gasteiger partial charge < -0.3 is 9.52 Å². The van der Waals surface area contributed by atoms with E-state index >= 15 is 0 Å². The minimum Gasteiger partial charge on any atom is -0.476 e. The normalized spacial score (nSPS) is 10.6. The van der Waals surface area contributed by atoms with E-state index in [2.05, 4.69) is 20.5 Å². The van der Waals surface area contributed by atoms with Gasteiger partial charge in [-0.1, -0.05) is 18.2 Å². The van der Waals surface area contributed by atoms with Crippen molar-refractivity contribution < 1.29 is 14.3 Å². The topological polar surface area (TPSA) is 107 Å². The number of rotatable bonds is 4. The number of aromatic nitrogens is 5. The highest BCUT2D eigenvalue weighted by molar-refractivity contribution is 7.99. The Hall–Kier alpha value is -2.68. The summed E-state index contributed by atoms with van der Waals surface area (Å²) in [5, 5.41) is 20.7. The zero-order chi connectivity index (χ0) is 13.9. The molecular formula is C11H7N5O3S. The van der Waals surface area contributed by atoms with Crippen LogP contribution in [0.2, 0.25) is 0 Å². The van der Waals surface area contributed by atoms with Crippen molar-refractivity contribution >= 4 is 17.7 Å². The summed E-state index contributed by atoms with van der Waals surface area (Å²) in [6, 6.07) is 9.30. The Bertz CT molecular complexity index is 739. The fourth-order valence-corrected chi connectivity index (χ4v) is 2.16. The number of nitrogens with zero attached hydrogens (tertiary/aromatic N) is 5. The smallest absolute Gasteiger partial charge is 0.357 e. The fraction of sp³-hybridized carbons (Fsp3) is 0. The molecule has 0 aliphatic heterocycles. The number of aromatic carboxylic acids is 1. The lowest BCUT2D eigenvalue weighted by Gasteiger charge is -2.01. The number of hydrogen-bond donors (Lipinski definition) is 1. The molecule has 2 aromatic heterocycles. The molecule has 8 nitrogen and oxygen atoms in total. The van der Waals surface area contributed by atoms with Crippen LogP contribution in [0.15, 0.2) is 51.4 Å². The van der Waals surface area contributed by atoms with Crippen LogP contribution < -0.4 is 0 Å². The minimum absolute atomic E-state index is 0.161. The zero-order valence-corrected chi connectivity index (χ0v) is 10.7. The Labute approximate surface area is 116 Å². The first-order valence-corrected chi connectivity index (χ1v) is 6.26. The van der Waals surface area contributed by atoms with Crippen molar-refractivity contribution in [3.63, 3.8) is 0 Å². The van der Waals surface area contributed by atoms with Gasteiger partial charge in [0.25, 0.3) is 5.22 Å². The van der Waals surface area contributed by atoms with Crippen LogP contribution in [0.1, 0.15) is 10.5 Å². The molecule has 0 atom stereocenters. The average Bonchev–Trinajstić information content (AvgIpc) is 3.09. The van der Waals surface area contributed by atoms with E-state index in [4.69, 9.17) is 9.52 Å². The van der Waals surface area contributed by atoms with E-state index in [-0.39, 0.29) is 10.9 Å². The molecule has 0 spiro atoms. The van der Waals surface area contributed by atoms with Gasteiger partial charge >= 0.3 is 5.97 Å². The Balaban J connectivity index is 1.88. The number of hydrogen-bond acceptors (Lipinski definition) is 7. The molecule has 0 saturated heterocycles. The lowest BCUT2D eigenvalue weighted by molar-refractivity contribution is 0.0690. The molecule has 100 valence electrons. The van der Waals surface area contributed by atoms with Gasteiger partial charge in [0.2, 0.25) is 5.16 Å². The summed E-state index contributed by atoms with van der Waals surface area (Å²) in [7, 11) is 0. The molecule has 9 heteroatoms. The van der Waals surface area contributed by atoms with Gasteiger partial charge in [-0.15, -0.1) is 5.10 Å². The summed E-state index contributed by atoms with van der Waals surface area (Å²) < 4.78 is 6.56. The van der Waals surface area contributed by atoms with Crippen LogP contribution in [-0.2, 0) is 0 Å². The summed E-state index contributed by atoms with van der Waals surface area (Å²) in [6.45, 7) is 0. The van der Waals surface area contributed by atoms with E-state index in [1.807, 2.05) is 30.3 Å². The maximum Gasteiger partial charge on any atom is 0.357 e. The molecule has 0 bridgehead atoms. The maximum absolute atomic E-state index is 10.7. The van der Waals surface area contributed by atoms with Crippen LogP contribution in [0.4, 0.5) is 0 Å². The highest BCUT2D eigenvalue weighted by atomic mass is 32.2. The van der Waals surface area contributed by atoms with Gasteiger partial charge in [0.15, 0.2) is 5.69 Å². The van der Waals surface area contributed by atoms with Crippen LogP contribution in [0.25, 0.3) is 5.69 Å². The summed E-state index contributed by atoms with van der Waals surface area (Å²) in [6.07, 6.45) is 1.07. The number of oxazole rings is 1. The Morgan fingerprint density at radius 3 is 2.80 bits per heavy atom. The van der Waals surface area contributed by atoms with Crippen molar-refractivity contribution in [2.75, 3.05) is 0 Å². The predicted molar refractivity (Wildman–Crippen MR) is 66.7 cm³/mol. The van der Waals surface area contributed by atoms with Crippen LogP contribution in [0.5, 0.6) is 0 Å². The van der Waals surface area contributed by atoms with Crippen LogP contribution in [0, 0.1) is 0 Å². The van der Waals surface area contributed by atoms with Crippen molar-refractivity contribution in [2.24, 2.45) is 0 Å². The quantitative estimate of drug-likeness (QED) is 0.770. The molecule has 0 radical (unpaired) electrons. The molecule has 0 aliphatic rings. The maximum atomic E-state index is 10.7. The SMILES string of the molecule is O=C(O)c1coc(Sc2nnnn2-c2ccccc2)n1. The van der Waals surface area contributed by atoms with Gasteiger partial charge in [-0.25, -0.2) is 4.79 Å². The Kier molecular flexibility index (Phi) is 3.17. The second kappa shape index (κ2) is 5.13. The first-order chi connectivity index (χ1) is 9.74. The van der Waals surface area contributed by atoms with Crippen molar-refractivity contribution in [1.29, 1.82) is 0 Å². The molecule has 0 amide bonds. The highest BCUT2D eigenvalue weighted by Crippen LogP contribution is 2.26. The van der Waals surface area contributed by atoms with Crippen LogP contribution in [-0.4, -0.2) is 36.3 Å². The van der Waals surface area contributed by atoms with Crippen LogP contribution in [0.3, 0.4) is 0 Å². The molecule has 20 heavy (non-hydrogen) atoms. The molecule has 0 saturated carbocycles. The molecule has 3 rings (SSSR count). The number of carbonyl (C=O) groups is 1. The van der Waals surface area contributed by atoms with Crippen molar-refractivity contribution in [3.05, 3.63) is 42.3 Å². The summed E-state index contributed by atoms with van der Waals surface area (Å²) >= 11 is 1.04. The molecule has 1 aromatic carbocycles. The number of carboxylic acids is 1. The van der Waals surface area contributed by atoms with Crippen molar-refractivity contribution in [1.82, 2.24) is 25.2 Å². The largest absolute Gasteiger partial charge is 0.476 e. The monoisotopic (exact) mass is 289 g/mol. The molecule has 0 fully saturated rings. The third kappa shape index (κ3) is 2.38. The molecule has 3 aromatic rings. The fourth-order valence-electron chi connectivity index (χ4n) is 1.45. The zero-order valence-electron chi connectivity index (χ0n) is 9.87. The van der Waals surface area contributed by atoms with Gasteiger partial charge in [-0.3, -0.25) is 0 Å². The number of carboxylic acid groups (broad SMARTS) is 1. The third-order valence-corrected chi connectivity index (χ3v) is 3.12. The van der Waals surface area contributed by atoms with Crippen molar-refractivity contribution in [2.45, 2.75) is 10.4 Å². The van der Waals surface area contributed by atoms with Gasteiger partial charge in [0.05, 0.1) is 5.69 Å². The van der Waals surface area contributed by atoms with E-state index in [1.165, 1.54) is 4.68 Å². The van der Waals surface area contributed by atoms with E-state index in [0.717, 1.165) is 23.7 Å². The first-order valence-electron chi connectivity index (χ1n) is 5.44. The van der Waals surface area contributed by atoms with Gasteiger partial charge in [-0.2, -0.15) is 9.67 Å². The summed E-state index contributed by atoms with van der Waals surface area (Å²) in [4.78, 5) is 14.5. The average molecular weight is 289 g/mol. The highest BCUT2D eigenvalue weighted by Gasteiger charge is 2.16. The molecular weight excluding hydrogens is 282 g/mol. The molecule has 0 aliphatic carbocycles. The standard InChI is InChI=1S/C11H7N5O3S/c17-9(18)8-6-19-11(12-8)20-10-13-14-15-16(10)7-4-2-1-3-5-7/h1-6H,(H,17,18). The van der Waals surface area contributed by atoms with Crippen LogP contribution >= 0.6 is 11.8 Å². The Morgan fingerprint density at radius 1 is 1.30 bits per heavy atom. The molecule has 1 N–H and O–H groups in total.